The Kier molecular flexibility index (Phi) is 2.58. The predicted octanol–water partition coefficient (Wildman–Crippen LogP) is 2.87. The summed E-state index contributed by atoms with van der Waals surface area (Å²) < 4.78 is 0. The van der Waals surface area contributed by atoms with Gasteiger partial charge in [-0.2, -0.15) is 5.26 Å². The fraction of sp³-hybridized carbons (Fsp3) is 0. The molecule has 1 N–H and O–H groups in total. The lowest BCUT2D eigenvalue weighted by atomic mass is 10.0. The molecule has 0 atom stereocenters. The molecule has 0 aliphatic rings. The minimum atomic E-state index is 0.0644. The molecule has 0 unspecified atom stereocenters. The summed E-state index contributed by atoms with van der Waals surface area (Å²) in [5.74, 6) is 0.0644. The molecular weight excluding hydrogens is 238 g/mol. The monoisotopic (exact) mass is 247 g/mol. The molecule has 4 heteroatoms. The minimum absolute atomic E-state index is 0.0644. The maximum Gasteiger partial charge on any atom is 0.149 e. The number of benzene rings is 1. The van der Waals surface area contributed by atoms with Crippen molar-refractivity contribution in [3.63, 3.8) is 0 Å². The number of aromatic nitrogens is 2. The van der Waals surface area contributed by atoms with Gasteiger partial charge in [-0.05, 0) is 18.2 Å². The van der Waals surface area contributed by atoms with Gasteiger partial charge < -0.3 is 5.11 Å². The van der Waals surface area contributed by atoms with Crippen molar-refractivity contribution >= 4 is 10.9 Å². The van der Waals surface area contributed by atoms with E-state index in [1.165, 1.54) is 6.20 Å². The van der Waals surface area contributed by atoms with Crippen LogP contribution >= 0.6 is 0 Å². The molecule has 4 nitrogen and oxygen atoms in total. The summed E-state index contributed by atoms with van der Waals surface area (Å²) in [6.45, 7) is 0. The fourth-order valence-corrected chi connectivity index (χ4v) is 2.00. The van der Waals surface area contributed by atoms with Crippen LogP contribution in [-0.4, -0.2) is 15.1 Å². The second-order valence-corrected chi connectivity index (χ2v) is 4.12. The van der Waals surface area contributed by atoms with Crippen LogP contribution in [0.1, 0.15) is 5.69 Å². The van der Waals surface area contributed by atoms with Crippen LogP contribution in [-0.2, 0) is 0 Å². The number of fused-ring (bicyclic) bond motifs is 1. The molecule has 0 radical (unpaired) electrons. The molecule has 3 rings (SSSR count). The molecule has 0 fully saturated rings. The van der Waals surface area contributed by atoms with E-state index in [1.807, 2.05) is 30.3 Å². The van der Waals surface area contributed by atoms with Crippen molar-refractivity contribution in [3.05, 3.63) is 54.5 Å². The van der Waals surface area contributed by atoms with Crippen molar-refractivity contribution in [2.24, 2.45) is 0 Å². The highest BCUT2D eigenvalue weighted by atomic mass is 16.3. The van der Waals surface area contributed by atoms with Crippen LogP contribution in [0.3, 0.4) is 0 Å². The Morgan fingerprint density at radius 1 is 1.11 bits per heavy atom. The van der Waals surface area contributed by atoms with E-state index in [4.69, 9.17) is 0 Å². The van der Waals surface area contributed by atoms with Gasteiger partial charge in [-0.1, -0.05) is 18.2 Å². The van der Waals surface area contributed by atoms with Gasteiger partial charge in [-0.25, -0.2) is 4.98 Å². The van der Waals surface area contributed by atoms with Crippen LogP contribution in [0.4, 0.5) is 0 Å². The molecule has 1 aromatic carbocycles. The lowest BCUT2D eigenvalue weighted by molar-refractivity contribution is 0.473. The zero-order chi connectivity index (χ0) is 13.2. The van der Waals surface area contributed by atoms with E-state index in [9.17, 15) is 10.4 Å². The maximum absolute atomic E-state index is 9.49. The third kappa shape index (κ3) is 1.98. The molecule has 0 spiro atoms. The Morgan fingerprint density at radius 2 is 1.95 bits per heavy atom. The standard InChI is InChI=1S/C15H9N3O/c16-7-15-13(11-5-12(19)9-17-8-11)6-10-3-1-2-4-14(10)18-15/h1-6,8-9,19H. The minimum Gasteiger partial charge on any atom is -0.506 e. The molecule has 0 bridgehead atoms. The molecule has 0 amide bonds. The Hall–Kier alpha value is -2.93. The molecule has 90 valence electrons. The maximum atomic E-state index is 9.49. The van der Waals surface area contributed by atoms with Gasteiger partial charge in [0.05, 0.1) is 11.7 Å². The van der Waals surface area contributed by atoms with Crippen molar-refractivity contribution in [3.8, 4) is 22.9 Å². The summed E-state index contributed by atoms with van der Waals surface area (Å²) in [6.07, 6.45) is 2.95. The number of hydrogen-bond donors (Lipinski definition) is 1. The molecule has 0 saturated heterocycles. The fourth-order valence-electron chi connectivity index (χ4n) is 2.00. The summed E-state index contributed by atoms with van der Waals surface area (Å²) in [5.41, 5.74) is 2.45. The van der Waals surface area contributed by atoms with E-state index in [0.717, 1.165) is 10.9 Å². The molecule has 0 aliphatic heterocycles. The van der Waals surface area contributed by atoms with Crippen molar-refractivity contribution in [1.82, 2.24) is 9.97 Å². The number of nitrogens with zero attached hydrogens (tertiary/aromatic N) is 3. The Balaban J connectivity index is 2.31. The highest BCUT2D eigenvalue weighted by Crippen LogP contribution is 2.27. The van der Waals surface area contributed by atoms with E-state index in [1.54, 1.807) is 12.3 Å². The normalized spacial score (nSPS) is 10.3. The Morgan fingerprint density at radius 3 is 2.74 bits per heavy atom. The highest BCUT2D eigenvalue weighted by molar-refractivity contribution is 5.86. The number of para-hydroxylation sites is 1. The van der Waals surface area contributed by atoms with E-state index in [-0.39, 0.29) is 5.75 Å². The molecule has 0 saturated carbocycles. The van der Waals surface area contributed by atoms with Crippen molar-refractivity contribution in [1.29, 1.82) is 5.26 Å². The van der Waals surface area contributed by atoms with Crippen LogP contribution in [0.2, 0.25) is 0 Å². The number of hydrogen-bond acceptors (Lipinski definition) is 4. The molecule has 0 aliphatic carbocycles. The van der Waals surface area contributed by atoms with E-state index in [2.05, 4.69) is 16.0 Å². The predicted molar refractivity (Wildman–Crippen MR) is 71.4 cm³/mol. The number of rotatable bonds is 1. The summed E-state index contributed by atoms with van der Waals surface area (Å²) in [5, 5.41) is 19.6. The summed E-state index contributed by atoms with van der Waals surface area (Å²) in [4.78, 5) is 8.26. The average molecular weight is 247 g/mol. The summed E-state index contributed by atoms with van der Waals surface area (Å²) in [7, 11) is 0. The Bertz CT molecular complexity index is 806. The molecule has 3 aromatic rings. The van der Waals surface area contributed by atoms with Crippen LogP contribution in [0, 0.1) is 11.3 Å². The molecular formula is C15H9N3O. The molecule has 19 heavy (non-hydrogen) atoms. The number of pyridine rings is 2. The molecule has 2 heterocycles. The summed E-state index contributed by atoms with van der Waals surface area (Å²) in [6, 6.07) is 13.1. The average Bonchev–Trinajstić information content (AvgIpc) is 2.46. The third-order valence-electron chi connectivity index (χ3n) is 2.86. The Labute approximate surface area is 109 Å². The first-order chi connectivity index (χ1) is 9.28. The first-order valence-corrected chi connectivity index (χ1v) is 5.72. The van der Waals surface area contributed by atoms with Gasteiger partial charge in [-0.3, -0.25) is 4.98 Å². The zero-order valence-corrected chi connectivity index (χ0v) is 9.91. The second kappa shape index (κ2) is 4.39. The second-order valence-electron chi connectivity index (χ2n) is 4.12. The highest BCUT2D eigenvalue weighted by Gasteiger charge is 2.09. The van der Waals surface area contributed by atoms with Gasteiger partial charge in [0.15, 0.2) is 0 Å². The lowest BCUT2D eigenvalue weighted by Crippen LogP contribution is -1.91. The lowest BCUT2D eigenvalue weighted by Gasteiger charge is -2.06. The van der Waals surface area contributed by atoms with E-state index < -0.39 is 0 Å². The third-order valence-corrected chi connectivity index (χ3v) is 2.86. The largest absolute Gasteiger partial charge is 0.506 e. The first-order valence-electron chi connectivity index (χ1n) is 5.72. The van der Waals surface area contributed by atoms with Gasteiger partial charge in [0.2, 0.25) is 0 Å². The van der Waals surface area contributed by atoms with Gasteiger partial charge in [0, 0.05) is 22.7 Å². The van der Waals surface area contributed by atoms with Crippen LogP contribution < -0.4 is 0 Å². The van der Waals surface area contributed by atoms with Gasteiger partial charge >= 0.3 is 0 Å². The smallest absolute Gasteiger partial charge is 0.149 e. The van der Waals surface area contributed by atoms with Crippen molar-refractivity contribution in [2.75, 3.05) is 0 Å². The van der Waals surface area contributed by atoms with E-state index in [0.29, 0.717) is 16.8 Å². The summed E-state index contributed by atoms with van der Waals surface area (Å²) >= 11 is 0. The van der Waals surface area contributed by atoms with Crippen LogP contribution in [0.15, 0.2) is 48.8 Å². The van der Waals surface area contributed by atoms with Gasteiger partial charge in [-0.15, -0.1) is 0 Å². The molecule has 2 aromatic heterocycles. The zero-order valence-electron chi connectivity index (χ0n) is 9.91. The van der Waals surface area contributed by atoms with E-state index >= 15 is 0 Å². The van der Waals surface area contributed by atoms with Crippen molar-refractivity contribution in [2.45, 2.75) is 0 Å². The van der Waals surface area contributed by atoms with Gasteiger partial charge in [0.25, 0.3) is 0 Å². The first kappa shape index (κ1) is 11.2. The quantitative estimate of drug-likeness (QED) is 0.717. The topological polar surface area (TPSA) is 69.8 Å². The number of nitriles is 1. The SMILES string of the molecule is N#Cc1nc2ccccc2cc1-c1cncc(O)c1. The van der Waals surface area contributed by atoms with Crippen LogP contribution in [0.25, 0.3) is 22.0 Å². The van der Waals surface area contributed by atoms with Crippen LogP contribution in [0.5, 0.6) is 5.75 Å². The van der Waals surface area contributed by atoms with Gasteiger partial charge in [0.1, 0.15) is 17.5 Å². The number of aromatic hydroxyl groups is 1. The van der Waals surface area contributed by atoms with Crippen molar-refractivity contribution < 1.29 is 5.11 Å².